The Hall–Kier alpha value is 0.0200. The molecule has 0 atom stereocenters. The van der Waals surface area contributed by atoms with Crippen LogP contribution in [0, 0.1) is 5.41 Å². The maximum Gasteiger partial charge on any atom is 0.0688 e. The Morgan fingerprint density at radius 1 is 1.33 bits per heavy atom. The molecule has 1 nitrogen and oxygen atoms in total. The van der Waals surface area contributed by atoms with Gasteiger partial charge in [0.1, 0.15) is 0 Å². The van der Waals surface area contributed by atoms with E-state index in [1.54, 1.807) is 0 Å². The van der Waals surface area contributed by atoms with Crippen LogP contribution in [0.3, 0.4) is 0 Å². The smallest absolute Gasteiger partial charge is 0.0688 e. The first-order valence-corrected chi connectivity index (χ1v) is 5.49. The molecule has 1 heterocycles. The van der Waals surface area contributed by atoms with E-state index in [2.05, 4.69) is 39.6 Å². The summed E-state index contributed by atoms with van der Waals surface area (Å²) in [5.74, 6) is 1.22. The minimum atomic E-state index is 0.1000. The predicted octanol–water partition coefficient (Wildman–Crippen LogP) is 3.35. The first-order chi connectivity index (χ1) is 5.29. The number of rotatable bonds is 0. The first-order valence-electron chi connectivity index (χ1n) is 4.50. The van der Waals surface area contributed by atoms with Gasteiger partial charge in [-0.15, -0.1) is 11.8 Å². The standard InChI is InChI=1S/C10H19NS/c1-9(2,3)11-8-6-10(4,5)7-12-8/h6-7H2,1-5H3. The van der Waals surface area contributed by atoms with Crippen LogP contribution in [0.15, 0.2) is 4.99 Å². The van der Waals surface area contributed by atoms with Crippen LogP contribution in [0.5, 0.6) is 0 Å². The first kappa shape index (κ1) is 10.1. The molecule has 0 spiro atoms. The fourth-order valence-electron chi connectivity index (χ4n) is 1.24. The fraction of sp³-hybridized carbons (Fsp3) is 0.900. The Morgan fingerprint density at radius 2 is 1.92 bits per heavy atom. The van der Waals surface area contributed by atoms with Gasteiger partial charge in [-0.1, -0.05) is 13.8 Å². The van der Waals surface area contributed by atoms with E-state index in [0.717, 1.165) is 6.42 Å². The van der Waals surface area contributed by atoms with Crippen LogP contribution in [0.25, 0.3) is 0 Å². The van der Waals surface area contributed by atoms with E-state index in [-0.39, 0.29) is 5.54 Å². The summed E-state index contributed by atoms with van der Waals surface area (Å²) in [5.41, 5.74) is 0.567. The minimum Gasteiger partial charge on any atom is -0.277 e. The average molecular weight is 185 g/mol. The SMILES string of the molecule is CC1(C)CSC(=NC(C)(C)C)C1. The highest BCUT2D eigenvalue weighted by Gasteiger charge is 2.29. The van der Waals surface area contributed by atoms with Crippen LogP contribution in [-0.4, -0.2) is 16.3 Å². The molecule has 1 saturated heterocycles. The van der Waals surface area contributed by atoms with Gasteiger partial charge in [-0.2, -0.15) is 0 Å². The second-order valence-corrected chi connectivity index (χ2v) is 6.35. The zero-order chi connectivity index (χ0) is 9.41. The molecule has 0 N–H and O–H groups in total. The third-order valence-corrected chi connectivity index (χ3v) is 3.21. The molecule has 0 aromatic rings. The predicted molar refractivity (Wildman–Crippen MR) is 58.0 cm³/mol. The fourth-order valence-corrected chi connectivity index (χ4v) is 2.73. The van der Waals surface area contributed by atoms with Gasteiger partial charge in [-0.3, -0.25) is 4.99 Å². The number of hydrogen-bond acceptors (Lipinski definition) is 2. The van der Waals surface area contributed by atoms with E-state index in [0.29, 0.717) is 5.41 Å². The molecule has 1 fully saturated rings. The summed E-state index contributed by atoms with van der Waals surface area (Å²) < 4.78 is 0. The average Bonchev–Trinajstić information content (AvgIpc) is 2.05. The van der Waals surface area contributed by atoms with Crippen molar-refractivity contribution >= 4 is 16.8 Å². The molecule has 0 aromatic carbocycles. The number of thioether (sulfide) groups is 1. The highest BCUT2D eigenvalue weighted by atomic mass is 32.2. The molecule has 0 saturated carbocycles. The highest BCUT2D eigenvalue weighted by molar-refractivity contribution is 8.14. The summed E-state index contributed by atoms with van der Waals surface area (Å²) in [7, 11) is 0. The Morgan fingerprint density at radius 3 is 2.25 bits per heavy atom. The van der Waals surface area contributed by atoms with E-state index in [1.807, 2.05) is 11.8 Å². The zero-order valence-electron chi connectivity index (χ0n) is 8.77. The number of aliphatic imine (C=N–C) groups is 1. The van der Waals surface area contributed by atoms with Crippen molar-refractivity contribution in [2.24, 2.45) is 10.4 Å². The van der Waals surface area contributed by atoms with Crippen molar-refractivity contribution in [1.29, 1.82) is 0 Å². The summed E-state index contributed by atoms with van der Waals surface area (Å²) in [6.07, 6.45) is 1.16. The van der Waals surface area contributed by atoms with Crippen LogP contribution in [0.2, 0.25) is 0 Å². The monoisotopic (exact) mass is 185 g/mol. The maximum absolute atomic E-state index is 4.68. The number of nitrogens with zero attached hydrogens (tertiary/aromatic N) is 1. The van der Waals surface area contributed by atoms with Crippen molar-refractivity contribution in [2.45, 2.75) is 46.6 Å². The van der Waals surface area contributed by atoms with Gasteiger partial charge in [0.05, 0.1) is 10.6 Å². The number of hydrogen-bond donors (Lipinski definition) is 0. The van der Waals surface area contributed by atoms with Gasteiger partial charge in [0, 0.05) is 12.2 Å². The summed E-state index contributed by atoms with van der Waals surface area (Å²) in [6, 6.07) is 0. The van der Waals surface area contributed by atoms with Crippen LogP contribution in [-0.2, 0) is 0 Å². The van der Waals surface area contributed by atoms with Crippen molar-refractivity contribution < 1.29 is 0 Å². The van der Waals surface area contributed by atoms with Crippen molar-refractivity contribution in [3.8, 4) is 0 Å². The zero-order valence-corrected chi connectivity index (χ0v) is 9.59. The quantitative estimate of drug-likeness (QED) is 0.564. The van der Waals surface area contributed by atoms with E-state index < -0.39 is 0 Å². The Bertz CT molecular complexity index is 198. The molecule has 0 amide bonds. The van der Waals surface area contributed by atoms with E-state index in [9.17, 15) is 0 Å². The molecular weight excluding hydrogens is 166 g/mol. The van der Waals surface area contributed by atoms with Crippen LogP contribution < -0.4 is 0 Å². The third kappa shape index (κ3) is 3.18. The molecule has 0 aromatic heterocycles. The topological polar surface area (TPSA) is 12.4 Å². The third-order valence-electron chi connectivity index (χ3n) is 1.72. The van der Waals surface area contributed by atoms with Crippen LogP contribution in [0.4, 0.5) is 0 Å². The maximum atomic E-state index is 4.68. The van der Waals surface area contributed by atoms with Gasteiger partial charge in [-0.05, 0) is 26.2 Å². The van der Waals surface area contributed by atoms with E-state index in [4.69, 9.17) is 0 Å². The molecule has 70 valence electrons. The van der Waals surface area contributed by atoms with Gasteiger partial charge < -0.3 is 0 Å². The Balaban J connectivity index is 2.64. The lowest BCUT2D eigenvalue weighted by Gasteiger charge is -2.15. The van der Waals surface area contributed by atoms with Gasteiger partial charge in [0.15, 0.2) is 0 Å². The highest BCUT2D eigenvalue weighted by Crippen LogP contribution is 2.37. The minimum absolute atomic E-state index is 0.1000. The van der Waals surface area contributed by atoms with Gasteiger partial charge >= 0.3 is 0 Å². The van der Waals surface area contributed by atoms with Crippen LogP contribution in [0.1, 0.15) is 41.0 Å². The Labute approximate surface area is 80.0 Å². The van der Waals surface area contributed by atoms with Gasteiger partial charge in [0.25, 0.3) is 0 Å². The molecule has 0 bridgehead atoms. The summed E-state index contributed by atoms with van der Waals surface area (Å²) in [5, 5.41) is 1.34. The molecule has 1 aliphatic heterocycles. The van der Waals surface area contributed by atoms with Crippen LogP contribution >= 0.6 is 11.8 Å². The lowest BCUT2D eigenvalue weighted by Crippen LogP contribution is -2.13. The Kier molecular flexibility index (Phi) is 2.57. The molecule has 1 rings (SSSR count). The normalized spacial score (nSPS) is 26.6. The summed E-state index contributed by atoms with van der Waals surface area (Å²) >= 11 is 1.93. The molecule has 0 aliphatic carbocycles. The summed E-state index contributed by atoms with van der Waals surface area (Å²) in [6.45, 7) is 11.1. The summed E-state index contributed by atoms with van der Waals surface area (Å²) in [4.78, 5) is 4.68. The molecule has 0 radical (unpaired) electrons. The molecule has 12 heavy (non-hydrogen) atoms. The molecule has 2 heteroatoms. The second-order valence-electron chi connectivity index (χ2n) is 5.31. The van der Waals surface area contributed by atoms with Crippen molar-refractivity contribution in [3.63, 3.8) is 0 Å². The van der Waals surface area contributed by atoms with Gasteiger partial charge in [0.2, 0.25) is 0 Å². The lowest BCUT2D eigenvalue weighted by molar-refractivity contribution is 0.454. The van der Waals surface area contributed by atoms with E-state index in [1.165, 1.54) is 10.8 Å². The lowest BCUT2D eigenvalue weighted by atomic mass is 9.93. The van der Waals surface area contributed by atoms with Gasteiger partial charge in [-0.25, -0.2) is 0 Å². The second kappa shape index (κ2) is 3.06. The largest absolute Gasteiger partial charge is 0.277 e. The molecular formula is C10H19NS. The van der Waals surface area contributed by atoms with Crippen molar-refractivity contribution in [1.82, 2.24) is 0 Å². The molecule has 1 aliphatic rings. The molecule has 0 unspecified atom stereocenters. The van der Waals surface area contributed by atoms with Crippen molar-refractivity contribution in [3.05, 3.63) is 0 Å². The van der Waals surface area contributed by atoms with E-state index >= 15 is 0 Å². The van der Waals surface area contributed by atoms with Crippen molar-refractivity contribution in [2.75, 3.05) is 5.75 Å².